The molecule has 1 unspecified atom stereocenters. The summed E-state index contributed by atoms with van der Waals surface area (Å²) in [6.45, 7) is 0. The number of methoxy groups -OCH3 is 1. The average molecular weight is 396 g/mol. The van der Waals surface area contributed by atoms with Crippen molar-refractivity contribution in [2.75, 3.05) is 18.2 Å². The van der Waals surface area contributed by atoms with Gasteiger partial charge in [0.1, 0.15) is 5.75 Å². The van der Waals surface area contributed by atoms with Gasteiger partial charge in [-0.3, -0.25) is 9.59 Å². The van der Waals surface area contributed by atoms with E-state index in [-0.39, 0.29) is 11.4 Å². The summed E-state index contributed by atoms with van der Waals surface area (Å²) in [4.78, 5) is 28.0. The van der Waals surface area contributed by atoms with E-state index in [0.717, 1.165) is 23.0 Å². The zero-order valence-corrected chi connectivity index (χ0v) is 15.6. The Morgan fingerprint density at radius 3 is 2.71 bits per heavy atom. The highest BCUT2D eigenvalue weighted by Gasteiger charge is 2.27. The molecule has 0 bridgehead atoms. The Balaban J connectivity index is 1.84. The fourth-order valence-electron chi connectivity index (χ4n) is 2.94. The highest BCUT2D eigenvalue weighted by atomic mass is 32.2. The van der Waals surface area contributed by atoms with Crippen LogP contribution in [0.4, 0.5) is 5.69 Å². The van der Waals surface area contributed by atoms with Crippen molar-refractivity contribution in [3.8, 4) is 28.4 Å². The van der Waals surface area contributed by atoms with Crippen molar-refractivity contribution < 1.29 is 14.6 Å². The lowest BCUT2D eigenvalue weighted by atomic mass is 10.1. The number of nitrogens with one attached hydrogen (secondary N) is 1. The molecule has 3 aromatic rings. The van der Waals surface area contributed by atoms with Crippen molar-refractivity contribution in [1.29, 1.82) is 0 Å². The van der Waals surface area contributed by atoms with Crippen LogP contribution in [-0.2, 0) is 4.79 Å². The van der Waals surface area contributed by atoms with Crippen LogP contribution in [0.5, 0.6) is 5.75 Å². The Bertz CT molecular complexity index is 1100. The van der Waals surface area contributed by atoms with Crippen LogP contribution < -0.4 is 15.6 Å². The molecule has 2 N–H and O–H groups in total. The topological polar surface area (TPSA) is 106 Å². The van der Waals surface area contributed by atoms with Gasteiger partial charge in [-0.15, -0.1) is 11.8 Å². The SMILES string of the molecule is COc1ccc(-c2nn3c(nc2=O)-c2ccccc2NC3SCC(=O)O)cc1. The molecule has 142 valence electrons. The minimum Gasteiger partial charge on any atom is -0.497 e. The fourth-order valence-corrected chi connectivity index (χ4v) is 3.74. The van der Waals surface area contributed by atoms with Crippen molar-refractivity contribution in [3.05, 3.63) is 58.9 Å². The van der Waals surface area contributed by atoms with Crippen LogP contribution >= 0.6 is 11.8 Å². The molecule has 1 atom stereocenters. The summed E-state index contributed by atoms with van der Waals surface area (Å²) in [5, 5.41) is 16.8. The molecule has 0 fully saturated rings. The second-order valence-electron chi connectivity index (χ2n) is 6.01. The molecule has 28 heavy (non-hydrogen) atoms. The van der Waals surface area contributed by atoms with Crippen LogP contribution in [0.25, 0.3) is 22.6 Å². The first kappa shape index (κ1) is 18.1. The van der Waals surface area contributed by atoms with Gasteiger partial charge in [-0.25, -0.2) is 4.68 Å². The molecular formula is C19H16N4O4S. The van der Waals surface area contributed by atoms with Gasteiger partial charge in [-0.2, -0.15) is 10.1 Å². The van der Waals surface area contributed by atoms with Crippen LogP contribution in [0.2, 0.25) is 0 Å². The lowest BCUT2D eigenvalue weighted by molar-refractivity contribution is -0.133. The minimum atomic E-state index is -0.934. The zero-order valence-electron chi connectivity index (χ0n) is 14.8. The number of ether oxygens (including phenoxy) is 1. The van der Waals surface area contributed by atoms with Gasteiger partial charge in [0.2, 0.25) is 0 Å². The smallest absolute Gasteiger partial charge is 0.313 e. The van der Waals surface area contributed by atoms with Gasteiger partial charge < -0.3 is 15.2 Å². The number of carboxylic acid groups (broad SMARTS) is 1. The Hall–Kier alpha value is -3.33. The molecule has 9 heteroatoms. The van der Waals surface area contributed by atoms with E-state index < -0.39 is 17.0 Å². The highest BCUT2D eigenvalue weighted by Crippen LogP contribution is 2.38. The molecule has 0 spiro atoms. The van der Waals surface area contributed by atoms with E-state index in [1.807, 2.05) is 24.3 Å². The second kappa shape index (κ2) is 7.35. The van der Waals surface area contributed by atoms with Gasteiger partial charge in [-0.1, -0.05) is 12.1 Å². The Morgan fingerprint density at radius 2 is 2.00 bits per heavy atom. The summed E-state index contributed by atoms with van der Waals surface area (Å²) in [6.07, 6.45) is 0. The van der Waals surface area contributed by atoms with Crippen LogP contribution in [0.1, 0.15) is 5.50 Å². The lowest BCUT2D eigenvalue weighted by Gasteiger charge is -2.29. The predicted octanol–water partition coefficient (Wildman–Crippen LogP) is 2.68. The molecule has 2 heterocycles. The number of hydrogen-bond donors (Lipinski definition) is 2. The number of thioether (sulfide) groups is 1. The number of nitrogens with zero attached hydrogens (tertiary/aromatic N) is 3. The molecular weight excluding hydrogens is 380 g/mol. The number of carbonyl (C=O) groups is 1. The summed E-state index contributed by atoms with van der Waals surface area (Å²) < 4.78 is 6.71. The van der Waals surface area contributed by atoms with Crippen molar-refractivity contribution >= 4 is 23.4 Å². The average Bonchev–Trinajstić information content (AvgIpc) is 2.71. The molecule has 1 aromatic heterocycles. The maximum absolute atomic E-state index is 12.7. The molecule has 2 aromatic carbocycles. The van der Waals surface area contributed by atoms with Crippen LogP contribution in [0.15, 0.2) is 53.3 Å². The largest absolute Gasteiger partial charge is 0.497 e. The van der Waals surface area contributed by atoms with Crippen molar-refractivity contribution in [3.63, 3.8) is 0 Å². The third-order valence-electron chi connectivity index (χ3n) is 4.23. The quantitative estimate of drug-likeness (QED) is 0.678. The van der Waals surface area contributed by atoms with Crippen LogP contribution in [0, 0.1) is 0 Å². The van der Waals surface area contributed by atoms with Crippen molar-refractivity contribution in [2.45, 2.75) is 5.50 Å². The second-order valence-corrected chi connectivity index (χ2v) is 7.08. The Kier molecular flexibility index (Phi) is 4.74. The van der Waals surface area contributed by atoms with Gasteiger partial charge in [-0.05, 0) is 36.4 Å². The molecule has 0 aliphatic carbocycles. The van der Waals surface area contributed by atoms with E-state index >= 15 is 0 Å². The highest BCUT2D eigenvalue weighted by molar-refractivity contribution is 8.00. The van der Waals surface area contributed by atoms with Gasteiger partial charge in [0, 0.05) is 16.8 Å². The predicted molar refractivity (Wildman–Crippen MR) is 106 cm³/mol. The van der Waals surface area contributed by atoms with E-state index in [9.17, 15) is 9.59 Å². The van der Waals surface area contributed by atoms with Crippen LogP contribution in [0.3, 0.4) is 0 Å². The molecule has 4 rings (SSSR count). The first-order chi connectivity index (χ1) is 13.6. The molecule has 0 amide bonds. The van der Waals surface area contributed by atoms with Crippen molar-refractivity contribution in [2.24, 2.45) is 0 Å². The van der Waals surface area contributed by atoms with Crippen LogP contribution in [-0.4, -0.2) is 38.7 Å². The minimum absolute atomic E-state index is 0.120. The zero-order chi connectivity index (χ0) is 19.7. The van der Waals surface area contributed by atoms with Gasteiger partial charge in [0.25, 0.3) is 5.56 Å². The maximum Gasteiger partial charge on any atom is 0.313 e. The number of aliphatic carboxylic acids is 1. The monoisotopic (exact) mass is 396 g/mol. The van der Waals surface area contributed by atoms with Gasteiger partial charge in [0.15, 0.2) is 17.0 Å². The number of benzene rings is 2. The molecule has 1 aliphatic rings. The number of carboxylic acids is 1. The summed E-state index contributed by atoms with van der Waals surface area (Å²) in [6, 6.07) is 14.4. The third-order valence-corrected chi connectivity index (χ3v) is 5.28. The number of aromatic nitrogens is 3. The summed E-state index contributed by atoms with van der Waals surface area (Å²) in [5.41, 5.74) is 1.35. The summed E-state index contributed by atoms with van der Waals surface area (Å²) in [5.74, 6) is 0.0154. The molecule has 0 saturated carbocycles. The van der Waals surface area contributed by atoms with E-state index in [0.29, 0.717) is 17.1 Å². The summed E-state index contributed by atoms with van der Waals surface area (Å²) >= 11 is 1.16. The number of rotatable bonds is 5. The standard InChI is InChI=1S/C19H16N4O4S/c1-27-12-8-6-11(7-9-12)16-18(26)21-17-13-4-2-3-5-14(13)20-19(23(17)22-16)28-10-15(24)25/h2-9,19-20H,10H2,1H3,(H,24,25). The fraction of sp³-hybridized carbons (Fsp3) is 0.158. The molecule has 0 saturated heterocycles. The maximum atomic E-state index is 12.7. The molecule has 8 nitrogen and oxygen atoms in total. The first-order valence-corrected chi connectivity index (χ1v) is 9.46. The van der Waals surface area contributed by atoms with E-state index in [2.05, 4.69) is 15.4 Å². The molecule has 1 aliphatic heterocycles. The number of anilines is 1. The third kappa shape index (κ3) is 3.31. The van der Waals surface area contributed by atoms with E-state index in [1.165, 1.54) is 0 Å². The number of hydrogen-bond acceptors (Lipinski definition) is 7. The lowest BCUT2D eigenvalue weighted by Crippen LogP contribution is -2.30. The molecule has 0 radical (unpaired) electrons. The van der Waals surface area contributed by atoms with Crippen molar-refractivity contribution in [1.82, 2.24) is 14.8 Å². The number of fused-ring (bicyclic) bond motifs is 3. The van der Waals surface area contributed by atoms with E-state index in [4.69, 9.17) is 9.84 Å². The number of para-hydroxylation sites is 1. The first-order valence-electron chi connectivity index (χ1n) is 8.41. The van der Waals surface area contributed by atoms with Gasteiger partial charge in [0.05, 0.1) is 12.9 Å². The summed E-state index contributed by atoms with van der Waals surface area (Å²) in [7, 11) is 1.57. The Labute approximate surface area is 164 Å². The van der Waals surface area contributed by atoms with E-state index in [1.54, 1.807) is 36.1 Å². The Morgan fingerprint density at radius 1 is 1.25 bits per heavy atom. The normalized spacial score (nSPS) is 14.5. The van der Waals surface area contributed by atoms with Gasteiger partial charge >= 0.3 is 5.97 Å².